The summed E-state index contributed by atoms with van der Waals surface area (Å²) in [4.78, 5) is 4.76. The van der Waals surface area contributed by atoms with Crippen LogP contribution < -0.4 is 4.90 Å². The Bertz CT molecular complexity index is 613. The van der Waals surface area contributed by atoms with Crippen LogP contribution in [0, 0.1) is 0 Å². The third kappa shape index (κ3) is 5.58. The van der Waals surface area contributed by atoms with Crippen molar-refractivity contribution in [2.75, 3.05) is 37.6 Å². The van der Waals surface area contributed by atoms with Crippen molar-refractivity contribution in [2.24, 2.45) is 0 Å². The minimum atomic E-state index is -0.838. The van der Waals surface area contributed by atoms with Crippen molar-refractivity contribution in [3.05, 3.63) is 66.2 Å². The Morgan fingerprint density at radius 1 is 0.808 bits per heavy atom. The van der Waals surface area contributed by atoms with Gasteiger partial charge >= 0.3 is 0 Å². The van der Waals surface area contributed by atoms with E-state index in [1.807, 2.05) is 36.4 Å². The number of hydrogen-bond acceptors (Lipinski definition) is 3. The number of likely N-dealkylation sites (N-methyl/N-ethyl adjacent to an activating group) is 1. The van der Waals surface area contributed by atoms with E-state index >= 15 is 0 Å². The maximum absolute atomic E-state index is 11.5. The molecule has 1 atom stereocenters. The van der Waals surface area contributed by atoms with Crippen molar-refractivity contribution in [1.82, 2.24) is 4.90 Å². The number of anilines is 1. The molecule has 1 unspecified atom stereocenters. The fourth-order valence-electron chi connectivity index (χ4n) is 3.53. The summed E-state index contributed by atoms with van der Waals surface area (Å²) in [5.41, 5.74) is 1.34. The molecule has 0 amide bonds. The summed E-state index contributed by atoms with van der Waals surface area (Å²) in [5.74, 6) is 0. The molecule has 2 aromatic carbocycles. The largest absolute Gasteiger partial charge is 0.383 e. The Hall–Kier alpha value is -1.84. The van der Waals surface area contributed by atoms with Crippen LogP contribution in [0.15, 0.2) is 60.7 Å². The molecule has 0 heterocycles. The van der Waals surface area contributed by atoms with E-state index in [1.54, 1.807) is 0 Å². The predicted octanol–water partition coefficient (Wildman–Crippen LogP) is 4.52. The molecular formula is C23H34N2O. The third-order valence-corrected chi connectivity index (χ3v) is 5.13. The van der Waals surface area contributed by atoms with Crippen molar-refractivity contribution in [2.45, 2.75) is 39.2 Å². The van der Waals surface area contributed by atoms with E-state index in [2.05, 4.69) is 54.8 Å². The van der Waals surface area contributed by atoms with Crippen molar-refractivity contribution in [3.63, 3.8) is 0 Å². The smallest absolute Gasteiger partial charge is 0.107 e. The Labute approximate surface area is 159 Å². The van der Waals surface area contributed by atoms with Crippen LogP contribution in [0.1, 0.15) is 39.2 Å². The van der Waals surface area contributed by atoms with E-state index in [0.29, 0.717) is 6.54 Å². The molecule has 0 bridgehead atoms. The maximum Gasteiger partial charge on any atom is 0.107 e. The van der Waals surface area contributed by atoms with Gasteiger partial charge in [-0.15, -0.1) is 0 Å². The minimum absolute atomic E-state index is 0.607. The van der Waals surface area contributed by atoms with E-state index in [9.17, 15) is 5.11 Å². The first-order valence-corrected chi connectivity index (χ1v) is 9.93. The Kier molecular flexibility index (Phi) is 8.14. The highest BCUT2D eigenvalue weighted by molar-refractivity contribution is 5.47. The fraction of sp³-hybridized carbons (Fsp3) is 0.478. The van der Waals surface area contributed by atoms with Gasteiger partial charge in [0.05, 0.1) is 6.54 Å². The summed E-state index contributed by atoms with van der Waals surface area (Å²) in [7, 11) is 0. The van der Waals surface area contributed by atoms with Crippen LogP contribution in [-0.2, 0) is 5.60 Å². The van der Waals surface area contributed by atoms with Gasteiger partial charge in [-0.25, -0.2) is 0 Å². The third-order valence-electron chi connectivity index (χ3n) is 5.13. The van der Waals surface area contributed by atoms with E-state index in [1.165, 1.54) is 5.69 Å². The van der Waals surface area contributed by atoms with E-state index < -0.39 is 5.60 Å². The zero-order valence-corrected chi connectivity index (χ0v) is 16.6. The molecule has 26 heavy (non-hydrogen) atoms. The van der Waals surface area contributed by atoms with Gasteiger partial charge < -0.3 is 14.9 Å². The molecular weight excluding hydrogens is 320 g/mol. The lowest BCUT2D eigenvalue weighted by Gasteiger charge is -2.37. The lowest BCUT2D eigenvalue weighted by Crippen LogP contribution is -2.44. The lowest BCUT2D eigenvalue weighted by molar-refractivity contribution is 0.0335. The second-order valence-corrected chi connectivity index (χ2v) is 6.93. The molecule has 3 heteroatoms. The van der Waals surface area contributed by atoms with Crippen LogP contribution in [0.25, 0.3) is 0 Å². The molecule has 142 valence electrons. The average molecular weight is 355 g/mol. The van der Waals surface area contributed by atoms with Gasteiger partial charge in [0.1, 0.15) is 5.60 Å². The highest BCUT2D eigenvalue weighted by Crippen LogP contribution is 2.29. The van der Waals surface area contributed by atoms with Gasteiger partial charge in [0.25, 0.3) is 0 Å². The number of nitrogens with zero attached hydrogens (tertiary/aromatic N) is 2. The van der Waals surface area contributed by atoms with Crippen LogP contribution in [0.5, 0.6) is 0 Å². The molecule has 2 rings (SSSR count). The molecule has 1 N–H and O–H groups in total. The highest BCUT2D eigenvalue weighted by Gasteiger charge is 2.31. The second-order valence-electron chi connectivity index (χ2n) is 6.93. The second kappa shape index (κ2) is 10.3. The van der Waals surface area contributed by atoms with Gasteiger partial charge in [-0.3, -0.25) is 0 Å². The van der Waals surface area contributed by atoms with Crippen molar-refractivity contribution >= 4 is 5.69 Å². The Morgan fingerprint density at radius 3 is 1.92 bits per heavy atom. The van der Waals surface area contributed by atoms with Crippen molar-refractivity contribution in [3.8, 4) is 0 Å². The summed E-state index contributed by atoms with van der Waals surface area (Å²) in [6.45, 7) is 11.2. The number of rotatable bonds is 11. The van der Waals surface area contributed by atoms with E-state index in [4.69, 9.17) is 0 Å². The van der Waals surface area contributed by atoms with E-state index in [0.717, 1.165) is 44.6 Å². The summed E-state index contributed by atoms with van der Waals surface area (Å²) in [5, 5.41) is 11.5. The van der Waals surface area contributed by atoms with Crippen LogP contribution in [-0.4, -0.2) is 42.7 Å². The van der Waals surface area contributed by atoms with Gasteiger partial charge in [0, 0.05) is 18.8 Å². The van der Waals surface area contributed by atoms with Gasteiger partial charge in [0.15, 0.2) is 0 Å². The summed E-state index contributed by atoms with van der Waals surface area (Å²) < 4.78 is 0. The summed E-state index contributed by atoms with van der Waals surface area (Å²) >= 11 is 0. The maximum atomic E-state index is 11.5. The number of aliphatic hydroxyl groups is 1. The highest BCUT2D eigenvalue weighted by atomic mass is 16.3. The fourth-order valence-corrected chi connectivity index (χ4v) is 3.53. The van der Waals surface area contributed by atoms with Gasteiger partial charge in [-0.1, -0.05) is 75.7 Å². The van der Waals surface area contributed by atoms with Gasteiger partial charge in [-0.2, -0.15) is 0 Å². The van der Waals surface area contributed by atoms with Crippen LogP contribution in [0.2, 0.25) is 0 Å². The summed E-state index contributed by atoms with van der Waals surface area (Å²) in [6.07, 6.45) is 1.70. The quantitative estimate of drug-likeness (QED) is 0.642. The van der Waals surface area contributed by atoms with Crippen molar-refractivity contribution in [1.29, 1.82) is 0 Å². The molecule has 0 aromatic heterocycles. The first-order chi connectivity index (χ1) is 12.6. The lowest BCUT2D eigenvalue weighted by atomic mass is 9.88. The molecule has 0 aliphatic heterocycles. The van der Waals surface area contributed by atoms with Crippen LogP contribution in [0.3, 0.4) is 0 Å². The monoisotopic (exact) mass is 354 g/mol. The Balaban J connectivity index is 2.25. The van der Waals surface area contributed by atoms with Crippen LogP contribution >= 0.6 is 0 Å². The molecule has 0 spiro atoms. The normalized spacial score (nSPS) is 13.6. The zero-order valence-electron chi connectivity index (χ0n) is 16.6. The molecule has 0 aliphatic rings. The number of benzene rings is 2. The first kappa shape index (κ1) is 20.5. The molecule has 0 saturated carbocycles. The SMILES string of the molecule is CCCC(O)(CN(CCN(CC)CC)c1ccccc1)c1ccccc1. The Morgan fingerprint density at radius 2 is 1.38 bits per heavy atom. The van der Waals surface area contributed by atoms with Gasteiger partial charge in [-0.05, 0) is 37.2 Å². The van der Waals surface area contributed by atoms with Gasteiger partial charge in [0.2, 0.25) is 0 Å². The molecule has 0 fully saturated rings. The van der Waals surface area contributed by atoms with E-state index in [-0.39, 0.29) is 0 Å². The molecule has 2 aromatic rings. The molecule has 0 radical (unpaired) electrons. The number of para-hydroxylation sites is 1. The predicted molar refractivity (Wildman–Crippen MR) is 112 cm³/mol. The molecule has 3 nitrogen and oxygen atoms in total. The van der Waals surface area contributed by atoms with Crippen molar-refractivity contribution < 1.29 is 5.11 Å². The standard InChI is InChI=1S/C23H34N2O/c1-4-17-23(26,21-13-9-7-10-14-21)20-25(19-18-24(5-2)6-3)22-15-11-8-12-16-22/h7-16,26H,4-6,17-20H2,1-3H3. The molecule has 0 saturated heterocycles. The van der Waals surface area contributed by atoms with Crippen LogP contribution in [0.4, 0.5) is 5.69 Å². The first-order valence-electron chi connectivity index (χ1n) is 9.93. The number of hydrogen-bond donors (Lipinski definition) is 1. The minimum Gasteiger partial charge on any atom is -0.383 e. The average Bonchev–Trinajstić information content (AvgIpc) is 2.69. The molecule has 0 aliphatic carbocycles. The zero-order chi connectivity index (χ0) is 18.8. The summed E-state index contributed by atoms with van der Waals surface area (Å²) in [6, 6.07) is 20.6. The topological polar surface area (TPSA) is 26.7 Å².